The molecule has 1 aromatic carbocycles. The summed E-state index contributed by atoms with van der Waals surface area (Å²) in [5, 5.41) is 10.8. The van der Waals surface area contributed by atoms with Crippen molar-refractivity contribution in [3.63, 3.8) is 0 Å². The summed E-state index contributed by atoms with van der Waals surface area (Å²) in [5.41, 5.74) is 5.80. The first kappa shape index (κ1) is 19.2. The van der Waals surface area contributed by atoms with Crippen molar-refractivity contribution in [2.24, 2.45) is 11.7 Å². The van der Waals surface area contributed by atoms with Crippen LogP contribution in [0.3, 0.4) is 0 Å². The molecule has 0 aliphatic carbocycles. The van der Waals surface area contributed by atoms with Gasteiger partial charge in [-0.05, 0) is 63.3 Å². The van der Waals surface area contributed by atoms with Crippen LogP contribution in [0.4, 0.5) is 0 Å². The van der Waals surface area contributed by atoms with E-state index >= 15 is 0 Å². The van der Waals surface area contributed by atoms with Crippen LogP contribution >= 0.6 is 0 Å². The number of fused-ring (bicyclic) bond motifs is 1. The number of carbonyl (C=O) groups is 2. The first-order valence-electron chi connectivity index (χ1n) is 9.27. The fourth-order valence-corrected chi connectivity index (χ4v) is 3.69. The van der Waals surface area contributed by atoms with Gasteiger partial charge in [-0.1, -0.05) is 0 Å². The fraction of sp³-hybridized carbons (Fsp3) is 0.500. The Morgan fingerprint density at radius 3 is 2.63 bits per heavy atom. The largest absolute Gasteiger partial charge is 0.484 e. The molecule has 146 valence electrons. The van der Waals surface area contributed by atoms with Crippen LogP contribution < -0.4 is 10.5 Å². The molecule has 2 amide bonds. The zero-order chi connectivity index (χ0) is 19.6. The monoisotopic (exact) mass is 373 g/mol. The number of likely N-dealkylation sites (tertiary alicyclic amines) is 1. The predicted octanol–water partition coefficient (Wildman–Crippen LogP) is 2.05. The Balaban J connectivity index is 1.65. The molecular weight excluding hydrogens is 346 g/mol. The van der Waals surface area contributed by atoms with Gasteiger partial charge in [0.15, 0.2) is 6.61 Å². The molecule has 0 atom stereocenters. The molecule has 1 aliphatic rings. The first-order valence-corrected chi connectivity index (χ1v) is 9.27. The lowest BCUT2D eigenvalue weighted by Crippen LogP contribution is -2.40. The summed E-state index contributed by atoms with van der Waals surface area (Å²) in [7, 11) is 0. The molecule has 2 heterocycles. The number of piperidine rings is 1. The number of amides is 2. The van der Waals surface area contributed by atoms with Gasteiger partial charge in [-0.3, -0.25) is 9.59 Å². The Bertz CT molecular complexity index is 829. The Labute approximate surface area is 158 Å². The second-order valence-electron chi connectivity index (χ2n) is 7.94. The highest BCUT2D eigenvalue weighted by molar-refractivity contribution is 5.98. The highest BCUT2D eigenvalue weighted by Gasteiger charge is 2.28. The Morgan fingerprint density at radius 1 is 1.30 bits per heavy atom. The smallest absolute Gasteiger partial charge is 0.270 e. The molecule has 0 saturated carbocycles. The molecule has 4 N–H and O–H groups in total. The Hall–Kier alpha value is -2.54. The Morgan fingerprint density at radius 2 is 2.00 bits per heavy atom. The van der Waals surface area contributed by atoms with E-state index in [1.165, 1.54) is 0 Å². The van der Waals surface area contributed by atoms with E-state index in [1.807, 2.05) is 24.8 Å². The summed E-state index contributed by atoms with van der Waals surface area (Å²) < 4.78 is 5.31. The summed E-state index contributed by atoms with van der Waals surface area (Å²) in [5.74, 6) is 0.425. The topological polar surface area (TPSA) is 109 Å². The SMILES string of the molecule is CC(C)(O)CC1CCN(C(=O)c2cc3cc(OCC(N)=O)ccc3[nH]2)CC1. The standard InChI is InChI=1S/C20H27N3O4/c1-20(2,26)11-13-5-7-23(8-6-13)19(25)17-10-14-9-15(27-12-18(21)24)3-4-16(14)22-17/h3-4,9-10,13,22,26H,5-8,11-12H2,1-2H3,(H2,21,24). The second kappa shape index (κ2) is 7.60. The number of rotatable bonds is 6. The number of benzene rings is 1. The van der Waals surface area contributed by atoms with Gasteiger partial charge in [0.25, 0.3) is 11.8 Å². The lowest BCUT2D eigenvalue weighted by Gasteiger charge is -2.34. The third-order valence-corrected chi connectivity index (χ3v) is 4.89. The molecule has 7 heteroatoms. The van der Waals surface area contributed by atoms with Gasteiger partial charge < -0.3 is 25.5 Å². The summed E-state index contributed by atoms with van der Waals surface area (Å²) in [4.78, 5) is 28.7. The van der Waals surface area contributed by atoms with Crippen LogP contribution in [0.5, 0.6) is 5.75 Å². The number of hydrogen-bond acceptors (Lipinski definition) is 4. The molecule has 1 fully saturated rings. The second-order valence-corrected chi connectivity index (χ2v) is 7.94. The summed E-state index contributed by atoms with van der Waals surface area (Å²) in [6.45, 7) is 4.87. The molecule has 1 aliphatic heterocycles. The molecule has 2 aromatic rings. The fourth-order valence-electron chi connectivity index (χ4n) is 3.69. The number of nitrogens with zero attached hydrogens (tertiary/aromatic N) is 1. The van der Waals surface area contributed by atoms with E-state index in [9.17, 15) is 14.7 Å². The number of ether oxygens (including phenoxy) is 1. The number of primary amides is 1. The number of carbonyl (C=O) groups excluding carboxylic acids is 2. The molecule has 7 nitrogen and oxygen atoms in total. The van der Waals surface area contributed by atoms with E-state index in [0.29, 0.717) is 30.5 Å². The van der Waals surface area contributed by atoms with E-state index < -0.39 is 11.5 Å². The van der Waals surface area contributed by atoms with Crippen molar-refractivity contribution in [1.82, 2.24) is 9.88 Å². The van der Waals surface area contributed by atoms with Gasteiger partial charge in [0.2, 0.25) is 0 Å². The van der Waals surface area contributed by atoms with Crippen molar-refractivity contribution in [2.75, 3.05) is 19.7 Å². The minimum Gasteiger partial charge on any atom is -0.484 e. The predicted molar refractivity (Wildman–Crippen MR) is 103 cm³/mol. The van der Waals surface area contributed by atoms with Crippen LogP contribution in [0.15, 0.2) is 24.3 Å². The van der Waals surface area contributed by atoms with Gasteiger partial charge in [0.1, 0.15) is 11.4 Å². The van der Waals surface area contributed by atoms with E-state index in [2.05, 4.69) is 4.98 Å². The van der Waals surface area contributed by atoms with E-state index in [4.69, 9.17) is 10.5 Å². The van der Waals surface area contributed by atoms with Gasteiger partial charge in [-0.25, -0.2) is 0 Å². The summed E-state index contributed by atoms with van der Waals surface area (Å²) in [6.07, 6.45) is 2.57. The first-order chi connectivity index (χ1) is 12.7. The minimum atomic E-state index is -0.664. The van der Waals surface area contributed by atoms with E-state index in [-0.39, 0.29) is 12.5 Å². The van der Waals surface area contributed by atoms with Crippen molar-refractivity contribution in [3.8, 4) is 5.75 Å². The van der Waals surface area contributed by atoms with Crippen LogP contribution in [0.25, 0.3) is 10.9 Å². The molecule has 0 bridgehead atoms. The van der Waals surface area contributed by atoms with E-state index in [0.717, 1.165) is 30.2 Å². The number of aromatic amines is 1. The van der Waals surface area contributed by atoms with Gasteiger partial charge in [-0.15, -0.1) is 0 Å². The zero-order valence-electron chi connectivity index (χ0n) is 15.8. The molecular formula is C20H27N3O4. The van der Waals surface area contributed by atoms with Crippen LogP contribution in [-0.2, 0) is 4.79 Å². The lowest BCUT2D eigenvalue weighted by atomic mass is 9.86. The number of aliphatic hydroxyl groups is 1. The van der Waals surface area contributed by atoms with Crippen LogP contribution in [0.1, 0.15) is 43.6 Å². The Kier molecular flexibility index (Phi) is 5.41. The van der Waals surface area contributed by atoms with Crippen molar-refractivity contribution in [1.29, 1.82) is 0 Å². The van der Waals surface area contributed by atoms with Crippen molar-refractivity contribution < 1.29 is 19.4 Å². The molecule has 0 radical (unpaired) electrons. The average Bonchev–Trinajstić information content (AvgIpc) is 3.02. The maximum Gasteiger partial charge on any atom is 0.270 e. The molecule has 3 rings (SSSR count). The van der Waals surface area contributed by atoms with Gasteiger partial charge in [0, 0.05) is 24.0 Å². The summed E-state index contributed by atoms with van der Waals surface area (Å²) >= 11 is 0. The number of H-pyrrole nitrogens is 1. The van der Waals surface area contributed by atoms with Gasteiger partial charge >= 0.3 is 0 Å². The quantitative estimate of drug-likeness (QED) is 0.720. The van der Waals surface area contributed by atoms with Crippen molar-refractivity contribution in [2.45, 2.75) is 38.7 Å². The van der Waals surface area contributed by atoms with Gasteiger partial charge in [0.05, 0.1) is 5.60 Å². The zero-order valence-corrected chi connectivity index (χ0v) is 15.8. The third kappa shape index (κ3) is 5.01. The number of hydrogen-bond donors (Lipinski definition) is 3. The maximum absolute atomic E-state index is 12.8. The maximum atomic E-state index is 12.8. The highest BCUT2D eigenvalue weighted by Crippen LogP contribution is 2.28. The van der Waals surface area contributed by atoms with Crippen molar-refractivity contribution in [3.05, 3.63) is 30.0 Å². The molecule has 27 heavy (non-hydrogen) atoms. The highest BCUT2D eigenvalue weighted by atomic mass is 16.5. The minimum absolute atomic E-state index is 0.0208. The van der Waals surface area contributed by atoms with E-state index in [1.54, 1.807) is 18.2 Å². The number of nitrogens with one attached hydrogen (secondary N) is 1. The molecule has 1 aromatic heterocycles. The average molecular weight is 373 g/mol. The molecule has 0 unspecified atom stereocenters. The van der Waals surface area contributed by atoms with Crippen molar-refractivity contribution >= 4 is 22.7 Å². The third-order valence-electron chi connectivity index (χ3n) is 4.89. The van der Waals surface area contributed by atoms with Crippen LogP contribution in [0, 0.1) is 5.92 Å². The normalized spacial score (nSPS) is 15.9. The lowest BCUT2D eigenvalue weighted by molar-refractivity contribution is -0.119. The van der Waals surface area contributed by atoms with Gasteiger partial charge in [-0.2, -0.15) is 0 Å². The van der Waals surface area contributed by atoms with Crippen LogP contribution in [0.2, 0.25) is 0 Å². The number of aromatic nitrogens is 1. The molecule has 1 saturated heterocycles. The summed E-state index contributed by atoms with van der Waals surface area (Å²) in [6, 6.07) is 7.13. The molecule has 0 spiro atoms. The van der Waals surface area contributed by atoms with Crippen LogP contribution in [-0.4, -0.2) is 52.1 Å². The number of nitrogens with two attached hydrogens (primary N) is 1.